The van der Waals surface area contributed by atoms with Crippen LogP contribution in [0.1, 0.15) is 6.92 Å². The van der Waals surface area contributed by atoms with Crippen LogP contribution in [0.2, 0.25) is 0 Å². The van der Waals surface area contributed by atoms with Crippen LogP contribution >= 0.6 is 0 Å². The number of benzene rings is 2. The molecule has 0 heterocycles. The zero-order chi connectivity index (χ0) is 16.7. The Morgan fingerprint density at radius 2 is 1.91 bits per heavy atom. The van der Waals surface area contributed by atoms with Crippen molar-refractivity contribution in [2.24, 2.45) is 0 Å². The highest BCUT2D eigenvalue weighted by Crippen LogP contribution is 2.17. The minimum atomic E-state index is -0.340. The smallest absolute Gasteiger partial charge is 0.243 e. The summed E-state index contributed by atoms with van der Waals surface area (Å²) in [5.74, 6) is 0.148. The molecule has 2 aromatic rings. The molecule has 2 rings (SSSR count). The van der Waals surface area contributed by atoms with Crippen molar-refractivity contribution in [3.63, 3.8) is 0 Å². The lowest BCUT2D eigenvalue weighted by Crippen LogP contribution is -2.21. The van der Waals surface area contributed by atoms with Crippen molar-refractivity contribution in [2.75, 3.05) is 23.8 Å². The maximum Gasteiger partial charge on any atom is 0.243 e. The van der Waals surface area contributed by atoms with Crippen LogP contribution in [0.3, 0.4) is 0 Å². The van der Waals surface area contributed by atoms with Crippen LogP contribution in [-0.2, 0) is 4.79 Å². The number of hydrogen-bond donors (Lipinski definition) is 2. The van der Waals surface area contributed by atoms with Crippen LogP contribution in [0.4, 0.5) is 15.8 Å². The maximum atomic E-state index is 12.8. The molecule has 5 heteroatoms. The Morgan fingerprint density at radius 1 is 1.17 bits per heavy atom. The summed E-state index contributed by atoms with van der Waals surface area (Å²) in [7, 11) is 0. The molecule has 1 amide bonds. The second kappa shape index (κ2) is 7.98. The summed E-state index contributed by atoms with van der Waals surface area (Å²) in [6.07, 6.45) is 0. The van der Waals surface area contributed by atoms with Gasteiger partial charge in [-0.3, -0.25) is 4.79 Å². The number of carbonyl (C=O) groups is 1. The van der Waals surface area contributed by atoms with Crippen molar-refractivity contribution in [2.45, 2.75) is 6.92 Å². The van der Waals surface area contributed by atoms with Crippen LogP contribution in [0.25, 0.3) is 0 Å². The third-order valence-corrected chi connectivity index (χ3v) is 2.90. The molecule has 4 nitrogen and oxygen atoms in total. The fourth-order valence-electron chi connectivity index (χ4n) is 1.82. The first-order valence-corrected chi connectivity index (χ1v) is 7.19. The summed E-state index contributed by atoms with van der Waals surface area (Å²) < 4.78 is 18.3. The van der Waals surface area contributed by atoms with Crippen molar-refractivity contribution >= 4 is 17.3 Å². The van der Waals surface area contributed by atoms with E-state index in [4.69, 9.17) is 4.74 Å². The molecule has 0 aliphatic rings. The van der Waals surface area contributed by atoms with Crippen LogP contribution in [0, 0.1) is 5.82 Å². The van der Waals surface area contributed by atoms with Gasteiger partial charge in [-0.25, -0.2) is 4.39 Å². The minimum absolute atomic E-state index is 0.0985. The van der Waals surface area contributed by atoms with Gasteiger partial charge < -0.3 is 15.4 Å². The molecule has 23 heavy (non-hydrogen) atoms. The van der Waals surface area contributed by atoms with Gasteiger partial charge in [0.2, 0.25) is 5.91 Å². The maximum absolute atomic E-state index is 12.8. The number of nitrogens with one attached hydrogen (secondary N) is 2. The molecule has 0 fully saturated rings. The Bertz CT molecular complexity index is 684. The average Bonchev–Trinajstić information content (AvgIpc) is 2.54. The van der Waals surface area contributed by atoms with Crippen molar-refractivity contribution in [1.29, 1.82) is 0 Å². The predicted octanol–water partition coefficient (Wildman–Crippen LogP) is 3.83. The largest absolute Gasteiger partial charge is 0.489 e. The van der Waals surface area contributed by atoms with Crippen LogP contribution < -0.4 is 15.4 Å². The molecule has 0 aromatic heterocycles. The lowest BCUT2D eigenvalue weighted by Gasteiger charge is -2.10. The fourth-order valence-corrected chi connectivity index (χ4v) is 1.82. The van der Waals surface area contributed by atoms with E-state index < -0.39 is 0 Å². The van der Waals surface area contributed by atoms with Crippen molar-refractivity contribution < 1.29 is 13.9 Å². The topological polar surface area (TPSA) is 50.4 Å². The molecule has 0 atom stereocenters. The van der Waals surface area contributed by atoms with Gasteiger partial charge in [-0.05, 0) is 48.9 Å². The van der Waals surface area contributed by atoms with Gasteiger partial charge in [-0.15, -0.1) is 0 Å². The summed E-state index contributed by atoms with van der Waals surface area (Å²) >= 11 is 0. The number of halogens is 1. The van der Waals surface area contributed by atoms with Crippen molar-refractivity contribution in [3.8, 4) is 5.75 Å². The standard InChI is InChI=1S/C18H19FN2O2/c1-13(2)12-23-17-5-3-4-16(10-17)20-11-18(22)21-15-8-6-14(19)7-9-15/h3-10,20H,1,11-12H2,2H3,(H,21,22). The number of carbonyl (C=O) groups excluding carboxylic acids is 1. The Kier molecular flexibility index (Phi) is 5.74. The zero-order valence-electron chi connectivity index (χ0n) is 12.9. The van der Waals surface area contributed by atoms with E-state index in [1.807, 2.05) is 31.2 Å². The SMILES string of the molecule is C=C(C)COc1cccc(NCC(=O)Nc2ccc(F)cc2)c1. The van der Waals surface area contributed by atoms with Crippen molar-refractivity contribution in [1.82, 2.24) is 0 Å². The fraction of sp³-hybridized carbons (Fsp3) is 0.167. The van der Waals surface area contributed by atoms with E-state index in [9.17, 15) is 9.18 Å². The molecule has 0 unspecified atom stereocenters. The quantitative estimate of drug-likeness (QED) is 0.764. The first kappa shape index (κ1) is 16.5. The average molecular weight is 314 g/mol. The summed E-state index contributed by atoms with van der Waals surface area (Å²) in [6.45, 7) is 6.22. The number of amides is 1. The summed E-state index contributed by atoms with van der Waals surface area (Å²) in [5.41, 5.74) is 2.26. The van der Waals surface area contributed by atoms with E-state index in [1.54, 1.807) is 0 Å². The van der Waals surface area contributed by atoms with Gasteiger partial charge in [0.15, 0.2) is 0 Å². The number of ether oxygens (including phenoxy) is 1. The second-order valence-electron chi connectivity index (χ2n) is 5.18. The Hall–Kier alpha value is -2.82. The highest BCUT2D eigenvalue weighted by molar-refractivity contribution is 5.93. The van der Waals surface area contributed by atoms with Gasteiger partial charge in [-0.1, -0.05) is 12.6 Å². The normalized spacial score (nSPS) is 10.0. The Balaban J connectivity index is 1.85. The molecule has 0 aliphatic carbocycles. The van der Waals surface area contributed by atoms with Crippen LogP contribution in [0.5, 0.6) is 5.75 Å². The van der Waals surface area contributed by atoms with Gasteiger partial charge in [0.05, 0.1) is 6.54 Å². The van der Waals surface area contributed by atoms with Gasteiger partial charge in [0.25, 0.3) is 0 Å². The Labute approximate surface area is 135 Å². The molecule has 2 aromatic carbocycles. The molecule has 0 aliphatic heterocycles. The molecule has 0 saturated carbocycles. The molecule has 0 bridgehead atoms. The minimum Gasteiger partial charge on any atom is -0.489 e. The van der Waals surface area contributed by atoms with Crippen LogP contribution in [0.15, 0.2) is 60.7 Å². The molecule has 0 saturated heterocycles. The summed E-state index contributed by atoms with van der Waals surface area (Å²) in [4.78, 5) is 11.9. The molecular formula is C18H19FN2O2. The zero-order valence-corrected chi connectivity index (χ0v) is 12.9. The van der Waals surface area contributed by atoms with Crippen molar-refractivity contribution in [3.05, 3.63) is 66.5 Å². The molecule has 2 N–H and O–H groups in total. The van der Waals surface area contributed by atoms with Gasteiger partial charge in [0, 0.05) is 17.4 Å². The van der Waals surface area contributed by atoms with Gasteiger partial charge in [0.1, 0.15) is 18.2 Å². The number of rotatable bonds is 7. The van der Waals surface area contributed by atoms with E-state index in [1.165, 1.54) is 24.3 Å². The summed E-state index contributed by atoms with van der Waals surface area (Å²) in [6, 6.07) is 13.0. The third-order valence-electron chi connectivity index (χ3n) is 2.90. The molecular weight excluding hydrogens is 295 g/mol. The first-order chi connectivity index (χ1) is 11.0. The highest BCUT2D eigenvalue weighted by atomic mass is 19.1. The summed E-state index contributed by atoms with van der Waals surface area (Å²) in [5, 5.41) is 5.70. The first-order valence-electron chi connectivity index (χ1n) is 7.19. The monoisotopic (exact) mass is 314 g/mol. The number of anilines is 2. The van der Waals surface area contributed by atoms with E-state index in [-0.39, 0.29) is 18.3 Å². The van der Waals surface area contributed by atoms with E-state index >= 15 is 0 Å². The number of hydrogen-bond acceptors (Lipinski definition) is 3. The van der Waals surface area contributed by atoms with E-state index in [0.29, 0.717) is 18.0 Å². The molecule has 0 spiro atoms. The second-order valence-corrected chi connectivity index (χ2v) is 5.18. The molecule has 120 valence electrons. The van der Waals surface area contributed by atoms with Crippen LogP contribution in [-0.4, -0.2) is 19.1 Å². The van der Waals surface area contributed by atoms with E-state index in [0.717, 1.165) is 11.3 Å². The lowest BCUT2D eigenvalue weighted by atomic mass is 10.3. The third kappa shape index (κ3) is 5.82. The predicted molar refractivity (Wildman–Crippen MR) is 90.3 cm³/mol. The Morgan fingerprint density at radius 3 is 2.61 bits per heavy atom. The van der Waals surface area contributed by atoms with Gasteiger partial charge in [-0.2, -0.15) is 0 Å². The molecule has 0 radical (unpaired) electrons. The van der Waals surface area contributed by atoms with E-state index in [2.05, 4.69) is 17.2 Å². The highest BCUT2D eigenvalue weighted by Gasteiger charge is 2.03. The van der Waals surface area contributed by atoms with Gasteiger partial charge >= 0.3 is 0 Å². The lowest BCUT2D eigenvalue weighted by molar-refractivity contribution is -0.114.